The number of aromatic nitrogens is 3. The van der Waals surface area contributed by atoms with E-state index in [-0.39, 0.29) is 5.78 Å². The zero-order valence-electron chi connectivity index (χ0n) is 15.8. The lowest BCUT2D eigenvalue weighted by Crippen LogP contribution is -2.06. The summed E-state index contributed by atoms with van der Waals surface area (Å²) >= 11 is 0. The Morgan fingerprint density at radius 3 is 2.59 bits per heavy atom. The number of pyridine rings is 2. The van der Waals surface area contributed by atoms with Crippen molar-refractivity contribution in [2.24, 2.45) is 0 Å². The molecule has 0 aliphatic heterocycles. The Morgan fingerprint density at radius 1 is 0.966 bits per heavy atom. The Balaban J connectivity index is 1.65. The second-order valence-corrected chi connectivity index (χ2v) is 7.11. The predicted octanol–water partition coefficient (Wildman–Crippen LogP) is 4.67. The van der Waals surface area contributed by atoms with E-state index in [1.165, 1.54) is 0 Å². The number of nitrogens with zero attached hydrogens (tertiary/aromatic N) is 3. The van der Waals surface area contributed by atoms with Crippen LogP contribution in [0.5, 0.6) is 0 Å². The van der Waals surface area contributed by atoms with Crippen LogP contribution in [-0.4, -0.2) is 20.2 Å². The van der Waals surface area contributed by atoms with Crippen molar-refractivity contribution in [3.05, 3.63) is 96.1 Å². The van der Waals surface area contributed by atoms with Gasteiger partial charge in [0.05, 0.1) is 11.7 Å². The number of anilines is 1. The third-order valence-electron chi connectivity index (χ3n) is 5.16. The first-order valence-electron chi connectivity index (χ1n) is 9.33. The number of ketones is 1. The molecule has 0 spiro atoms. The van der Waals surface area contributed by atoms with Crippen LogP contribution in [0.3, 0.4) is 0 Å². The fraction of sp³-hybridized carbons (Fsp3) is 0.0417. The van der Waals surface area contributed by atoms with E-state index in [1.807, 2.05) is 54.0 Å². The molecule has 3 heterocycles. The summed E-state index contributed by atoms with van der Waals surface area (Å²) in [6.07, 6.45) is 5.46. The molecule has 5 nitrogen and oxygen atoms in total. The van der Waals surface area contributed by atoms with Gasteiger partial charge in [0.2, 0.25) is 5.78 Å². The van der Waals surface area contributed by atoms with Gasteiger partial charge < -0.3 is 5.73 Å². The summed E-state index contributed by atoms with van der Waals surface area (Å²) < 4.78 is 1.84. The summed E-state index contributed by atoms with van der Waals surface area (Å²) in [4.78, 5) is 22.0. The Kier molecular flexibility index (Phi) is 3.88. The van der Waals surface area contributed by atoms with E-state index in [2.05, 4.69) is 16.0 Å². The number of imidazole rings is 1. The maximum Gasteiger partial charge on any atom is 0.211 e. The Hall–Kier alpha value is -3.99. The molecule has 0 fully saturated rings. The molecule has 0 aliphatic carbocycles. The second-order valence-electron chi connectivity index (χ2n) is 7.11. The predicted molar refractivity (Wildman–Crippen MR) is 115 cm³/mol. The third-order valence-corrected chi connectivity index (χ3v) is 5.16. The van der Waals surface area contributed by atoms with Crippen LogP contribution < -0.4 is 5.73 Å². The average molecular weight is 378 g/mol. The molecule has 0 radical (unpaired) electrons. The van der Waals surface area contributed by atoms with Gasteiger partial charge in [0.25, 0.3) is 0 Å². The van der Waals surface area contributed by atoms with Crippen molar-refractivity contribution in [2.75, 3.05) is 5.73 Å². The first-order chi connectivity index (χ1) is 14.1. The fourth-order valence-electron chi connectivity index (χ4n) is 3.59. The Bertz CT molecular complexity index is 1380. The molecule has 0 aliphatic rings. The van der Waals surface area contributed by atoms with Crippen LogP contribution in [0.25, 0.3) is 27.7 Å². The number of hydrogen-bond donors (Lipinski definition) is 1. The lowest BCUT2D eigenvalue weighted by atomic mass is 10.0. The Labute approximate surface area is 167 Å². The number of carbonyl (C=O) groups excluding carboxylic acids is 1. The maximum absolute atomic E-state index is 13.0. The molecule has 0 unspecified atom stereocenters. The van der Waals surface area contributed by atoms with E-state index in [1.54, 1.807) is 30.5 Å². The van der Waals surface area contributed by atoms with Gasteiger partial charge in [-0.2, -0.15) is 0 Å². The highest BCUT2D eigenvalue weighted by molar-refractivity contribution is 6.08. The standard InChI is InChI=1S/C24H18N4O/c1-15-10-23-27-13-22(24(29)16-6-8-19(25)9-7-16)28(23)14-20(15)18-11-17-4-2-3-5-21(17)26-12-18/h2-14H,25H2,1H3. The van der Waals surface area contributed by atoms with Crippen LogP contribution >= 0.6 is 0 Å². The van der Waals surface area contributed by atoms with Crippen molar-refractivity contribution in [2.45, 2.75) is 6.92 Å². The van der Waals surface area contributed by atoms with Crippen LogP contribution in [0.15, 0.2) is 79.3 Å². The van der Waals surface area contributed by atoms with Gasteiger partial charge >= 0.3 is 0 Å². The molecule has 5 heteroatoms. The molecule has 2 aromatic carbocycles. The molecule has 0 saturated carbocycles. The number of benzene rings is 2. The SMILES string of the molecule is Cc1cc2ncc(C(=O)c3ccc(N)cc3)n2cc1-c1cnc2ccccc2c1. The fourth-order valence-corrected chi connectivity index (χ4v) is 3.59. The van der Waals surface area contributed by atoms with Gasteiger partial charge in [0, 0.05) is 40.2 Å². The van der Waals surface area contributed by atoms with Gasteiger partial charge in [0.1, 0.15) is 11.3 Å². The smallest absolute Gasteiger partial charge is 0.211 e. The summed E-state index contributed by atoms with van der Waals surface area (Å²) in [5.74, 6) is -0.0936. The van der Waals surface area contributed by atoms with E-state index in [4.69, 9.17) is 5.73 Å². The number of nitrogen functional groups attached to an aromatic ring is 1. The van der Waals surface area contributed by atoms with Gasteiger partial charge in [-0.1, -0.05) is 18.2 Å². The summed E-state index contributed by atoms with van der Waals surface area (Å²) in [7, 11) is 0. The van der Waals surface area contributed by atoms with E-state index >= 15 is 0 Å². The van der Waals surface area contributed by atoms with Crippen LogP contribution in [-0.2, 0) is 0 Å². The molecule has 29 heavy (non-hydrogen) atoms. The molecule has 2 N–H and O–H groups in total. The topological polar surface area (TPSA) is 73.3 Å². The highest BCUT2D eigenvalue weighted by Crippen LogP contribution is 2.27. The van der Waals surface area contributed by atoms with Crippen LogP contribution in [0, 0.1) is 6.92 Å². The quantitative estimate of drug-likeness (QED) is 0.366. The van der Waals surface area contributed by atoms with Crippen molar-refractivity contribution in [3.63, 3.8) is 0 Å². The van der Waals surface area contributed by atoms with E-state index in [0.29, 0.717) is 16.9 Å². The number of rotatable bonds is 3. The zero-order valence-corrected chi connectivity index (χ0v) is 15.8. The lowest BCUT2D eigenvalue weighted by molar-refractivity contribution is 0.103. The maximum atomic E-state index is 13.0. The normalized spacial score (nSPS) is 11.2. The summed E-state index contributed by atoms with van der Waals surface area (Å²) in [5.41, 5.74) is 12.2. The van der Waals surface area contributed by atoms with Gasteiger partial charge in [-0.3, -0.25) is 14.2 Å². The van der Waals surface area contributed by atoms with Crippen molar-refractivity contribution >= 4 is 28.0 Å². The molecule has 5 rings (SSSR count). The van der Waals surface area contributed by atoms with Crippen molar-refractivity contribution in [1.82, 2.24) is 14.4 Å². The molecule has 0 saturated heterocycles. The summed E-state index contributed by atoms with van der Waals surface area (Å²) in [5, 5.41) is 1.08. The molecule has 0 atom stereocenters. The van der Waals surface area contributed by atoms with Crippen molar-refractivity contribution in [3.8, 4) is 11.1 Å². The third kappa shape index (κ3) is 2.93. The minimum absolute atomic E-state index is 0.0936. The number of para-hydroxylation sites is 1. The van der Waals surface area contributed by atoms with Crippen molar-refractivity contribution in [1.29, 1.82) is 0 Å². The monoisotopic (exact) mass is 378 g/mol. The number of carbonyl (C=O) groups is 1. The molecule has 3 aromatic heterocycles. The minimum atomic E-state index is -0.0936. The first-order valence-corrected chi connectivity index (χ1v) is 9.33. The highest BCUT2D eigenvalue weighted by Gasteiger charge is 2.16. The lowest BCUT2D eigenvalue weighted by Gasteiger charge is -2.10. The largest absolute Gasteiger partial charge is 0.399 e. The molecule has 0 amide bonds. The van der Waals surface area contributed by atoms with E-state index < -0.39 is 0 Å². The molecule has 140 valence electrons. The highest BCUT2D eigenvalue weighted by atomic mass is 16.1. The summed E-state index contributed by atoms with van der Waals surface area (Å²) in [6, 6.07) is 19.1. The second kappa shape index (κ2) is 6.56. The number of fused-ring (bicyclic) bond motifs is 2. The van der Waals surface area contributed by atoms with Gasteiger partial charge in [0.15, 0.2) is 0 Å². The number of nitrogens with two attached hydrogens (primary N) is 1. The van der Waals surface area contributed by atoms with Crippen molar-refractivity contribution < 1.29 is 4.79 Å². The van der Waals surface area contributed by atoms with Crippen LogP contribution in [0.1, 0.15) is 21.6 Å². The molecule has 0 bridgehead atoms. The zero-order chi connectivity index (χ0) is 20.0. The molecule has 5 aromatic rings. The number of hydrogen-bond acceptors (Lipinski definition) is 4. The van der Waals surface area contributed by atoms with Gasteiger partial charge in [-0.05, 0) is 55.0 Å². The van der Waals surface area contributed by atoms with Gasteiger partial charge in [-0.25, -0.2) is 4.98 Å². The average Bonchev–Trinajstić information content (AvgIpc) is 3.15. The number of aryl methyl sites for hydroxylation is 1. The van der Waals surface area contributed by atoms with Gasteiger partial charge in [-0.15, -0.1) is 0 Å². The summed E-state index contributed by atoms with van der Waals surface area (Å²) in [6.45, 7) is 2.04. The van der Waals surface area contributed by atoms with E-state index in [0.717, 1.165) is 33.2 Å². The van der Waals surface area contributed by atoms with E-state index in [9.17, 15) is 4.79 Å². The first kappa shape index (κ1) is 17.1. The Morgan fingerprint density at radius 2 is 1.76 bits per heavy atom. The van der Waals surface area contributed by atoms with Crippen LogP contribution in [0.4, 0.5) is 5.69 Å². The minimum Gasteiger partial charge on any atom is -0.399 e. The van der Waals surface area contributed by atoms with Crippen LogP contribution in [0.2, 0.25) is 0 Å². The molecular formula is C24H18N4O. The molecular weight excluding hydrogens is 360 g/mol.